The Balaban J connectivity index is 1.67. The Bertz CT molecular complexity index is 1110. The number of sulfonamides is 1. The van der Waals surface area contributed by atoms with Crippen LogP contribution in [-0.2, 0) is 14.8 Å². The van der Waals surface area contributed by atoms with Crippen molar-refractivity contribution in [3.05, 3.63) is 42.1 Å². The molecule has 10 heteroatoms. The second kappa shape index (κ2) is 11.8. The monoisotopic (exact) mass is 503 g/mol. The van der Waals surface area contributed by atoms with Gasteiger partial charge in [-0.25, -0.2) is 14.7 Å². The molecule has 35 heavy (non-hydrogen) atoms. The van der Waals surface area contributed by atoms with Crippen molar-refractivity contribution in [3.63, 3.8) is 0 Å². The van der Waals surface area contributed by atoms with E-state index in [-0.39, 0.29) is 16.1 Å². The van der Waals surface area contributed by atoms with E-state index in [1.165, 1.54) is 6.07 Å². The predicted octanol–water partition coefficient (Wildman–Crippen LogP) is 3.84. The molecule has 3 rings (SSSR count). The van der Waals surface area contributed by atoms with Crippen LogP contribution in [-0.4, -0.2) is 56.1 Å². The Kier molecular flexibility index (Phi) is 9.07. The summed E-state index contributed by atoms with van der Waals surface area (Å²) < 4.78 is 33.7. The van der Waals surface area contributed by atoms with Crippen molar-refractivity contribution >= 4 is 27.6 Å². The number of hydrogen-bond donors (Lipinski definition) is 2. The first-order valence-corrected chi connectivity index (χ1v) is 13.7. The molecule has 192 valence electrons. The number of hydrogen-bond acceptors (Lipinski definition) is 8. The second-order valence-electron chi connectivity index (χ2n) is 9.41. The van der Waals surface area contributed by atoms with E-state index in [0.29, 0.717) is 30.7 Å². The molecule has 1 saturated heterocycles. The summed E-state index contributed by atoms with van der Waals surface area (Å²) in [5, 5.41) is 2.88. The molecule has 1 atom stereocenters. The summed E-state index contributed by atoms with van der Waals surface area (Å²) in [4.78, 5) is 23.8. The highest BCUT2D eigenvalue weighted by atomic mass is 32.2. The van der Waals surface area contributed by atoms with E-state index in [1.807, 2.05) is 0 Å². The lowest BCUT2D eigenvalue weighted by Gasteiger charge is -2.36. The number of aromatic nitrogens is 2. The number of pyridine rings is 2. The maximum atomic E-state index is 13.1. The minimum atomic E-state index is -4.18. The Labute approximate surface area is 208 Å². The number of carbonyl (C=O) groups excluding carboxylic acids is 1. The number of carbonyl (C=O) groups is 1. The van der Waals surface area contributed by atoms with Crippen molar-refractivity contribution < 1.29 is 17.9 Å². The molecule has 0 aromatic carbocycles. The van der Waals surface area contributed by atoms with Gasteiger partial charge in [-0.05, 0) is 63.3 Å². The van der Waals surface area contributed by atoms with Crippen LogP contribution in [0, 0.1) is 5.92 Å². The summed E-state index contributed by atoms with van der Waals surface area (Å²) in [7, 11) is -4.18. The zero-order valence-electron chi connectivity index (χ0n) is 21.1. The minimum absolute atomic E-state index is 0.204. The predicted molar refractivity (Wildman–Crippen MR) is 137 cm³/mol. The van der Waals surface area contributed by atoms with Crippen molar-refractivity contribution in [2.75, 3.05) is 36.5 Å². The fourth-order valence-electron chi connectivity index (χ4n) is 4.03. The Hall–Kier alpha value is -2.72. The van der Waals surface area contributed by atoms with Gasteiger partial charge >= 0.3 is 0 Å². The van der Waals surface area contributed by atoms with Crippen molar-refractivity contribution in [3.8, 4) is 0 Å². The fraction of sp³-hybridized carbons (Fsp3) is 0.560. The van der Waals surface area contributed by atoms with Crippen LogP contribution in [0.3, 0.4) is 0 Å². The highest BCUT2D eigenvalue weighted by molar-refractivity contribution is 7.90. The van der Waals surface area contributed by atoms with Crippen LogP contribution in [0.25, 0.3) is 0 Å². The SMILES string of the molecule is CCCCOCCCNc1cccc(S(=O)(=O)NC(=O)c2cccnc2N2CCC(C)C2(C)C)n1. The second-order valence-corrected chi connectivity index (χ2v) is 11.0. The minimum Gasteiger partial charge on any atom is -0.381 e. The van der Waals surface area contributed by atoms with Gasteiger partial charge in [-0.15, -0.1) is 0 Å². The maximum Gasteiger partial charge on any atom is 0.281 e. The van der Waals surface area contributed by atoms with Gasteiger partial charge in [-0.3, -0.25) is 4.79 Å². The maximum absolute atomic E-state index is 13.1. The molecular weight excluding hydrogens is 466 g/mol. The van der Waals surface area contributed by atoms with Crippen LogP contribution in [0.5, 0.6) is 0 Å². The molecule has 0 bridgehead atoms. The molecule has 2 N–H and O–H groups in total. The molecule has 0 aliphatic carbocycles. The number of ether oxygens (including phenoxy) is 1. The van der Waals surface area contributed by atoms with Crippen LogP contribution in [0.1, 0.15) is 63.7 Å². The zero-order chi connectivity index (χ0) is 25.5. The molecule has 0 radical (unpaired) electrons. The van der Waals surface area contributed by atoms with Crippen LogP contribution in [0.15, 0.2) is 41.6 Å². The molecule has 1 aliphatic heterocycles. The van der Waals surface area contributed by atoms with Crippen molar-refractivity contribution in [1.82, 2.24) is 14.7 Å². The summed E-state index contributed by atoms with van der Waals surface area (Å²) in [6, 6.07) is 7.88. The lowest BCUT2D eigenvalue weighted by Crippen LogP contribution is -2.43. The van der Waals surface area contributed by atoms with E-state index in [0.717, 1.165) is 38.8 Å². The molecule has 9 nitrogen and oxygen atoms in total. The summed E-state index contributed by atoms with van der Waals surface area (Å²) in [6.45, 7) is 11.2. The van der Waals surface area contributed by atoms with Gasteiger partial charge in [0.15, 0.2) is 5.03 Å². The third-order valence-electron chi connectivity index (χ3n) is 6.61. The van der Waals surface area contributed by atoms with E-state index < -0.39 is 15.9 Å². The molecule has 2 aromatic rings. The topological polar surface area (TPSA) is 114 Å². The van der Waals surface area contributed by atoms with Gasteiger partial charge in [0.1, 0.15) is 11.6 Å². The third kappa shape index (κ3) is 6.70. The number of nitrogens with one attached hydrogen (secondary N) is 2. The zero-order valence-corrected chi connectivity index (χ0v) is 21.9. The standard InChI is InChI=1S/C25H37N5O4S/c1-5-6-17-34-18-9-15-26-21-11-7-12-22(28-21)35(32,33)29-24(31)20-10-8-14-27-23(20)30-16-13-19(2)25(30,3)4/h7-8,10-12,14,19H,5-6,9,13,15-18H2,1-4H3,(H,26,28)(H,29,31). The van der Waals surface area contributed by atoms with E-state index in [1.54, 1.807) is 30.5 Å². The van der Waals surface area contributed by atoms with Crippen LogP contribution >= 0.6 is 0 Å². The normalized spacial score (nSPS) is 17.4. The molecule has 0 saturated carbocycles. The van der Waals surface area contributed by atoms with Gasteiger partial charge in [-0.1, -0.05) is 26.3 Å². The van der Waals surface area contributed by atoms with Gasteiger partial charge in [0.05, 0.1) is 5.56 Å². The molecule has 1 amide bonds. The first-order chi connectivity index (χ1) is 16.7. The first-order valence-electron chi connectivity index (χ1n) is 12.2. The molecule has 1 fully saturated rings. The van der Waals surface area contributed by atoms with Crippen molar-refractivity contribution in [1.29, 1.82) is 0 Å². The van der Waals surface area contributed by atoms with Crippen molar-refractivity contribution in [2.24, 2.45) is 5.92 Å². The highest BCUT2D eigenvalue weighted by Gasteiger charge is 2.40. The average molecular weight is 504 g/mol. The average Bonchev–Trinajstić information content (AvgIpc) is 3.10. The van der Waals surface area contributed by atoms with Crippen LogP contribution in [0.4, 0.5) is 11.6 Å². The largest absolute Gasteiger partial charge is 0.381 e. The lowest BCUT2D eigenvalue weighted by atomic mass is 9.90. The Morgan fingerprint density at radius 1 is 1.20 bits per heavy atom. The molecule has 0 spiro atoms. The molecule has 1 unspecified atom stereocenters. The lowest BCUT2D eigenvalue weighted by molar-refractivity contribution is 0.0981. The van der Waals surface area contributed by atoms with E-state index in [9.17, 15) is 13.2 Å². The molecule has 1 aliphatic rings. The van der Waals surface area contributed by atoms with Crippen molar-refractivity contribution in [2.45, 2.75) is 63.9 Å². The van der Waals surface area contributed by atoms with E-state index >= 15 is 0 Å². The van der Waals surface area contributed by atoms with E-state index in [4.69, 9.17) is 4.74 Å². The van der Waals surface area contributed by atoms with Gasteiger partial charge in [-0.2, -0.15) is 8.42 Å². The third-order valence-corrected chi connectivity index (χ3v) is 7.85. The number of unbranched alkanes of at least 4 members (excludes halogenated alkanes) is 1. The highest BCUT2D eigenvalue weighted by Crippen LogP contribution is 2.38. The van der Waals surface area contributed by atoms with Gasteiger partial charge < -0.3 is 15.0 Å². The number of anilines is 2. The fourth-order valence-corrected chi connectivity index (χ4v) is 4.96. The number of nitrogens with zero attached hydrogens (tertiary/aromatic N) is 3. The quantitative estimate of drug-likeness (QED) is 0.420. The molecule has 2 aromatic heterocycles. The Morgan fingerprint density at radius 3 is 2.69 bits per heavy atom. The summed E-state index contributed by atoms with van der Waals surface area (Å²) in [5.41, 5.74) is 0.0146. The van der Waals surface area contributed by atoms with Crippen LogP contribution < -0.4 is 14.9 Å². The summed E-state index contributed by atoms with van der Waals surface area (Å²) >= 11 is 0. The number of rotatable bonds is 12. The summed E-state index contributed by atoms with van der Waals surface area (Å²) in [6.07, 6.45) is 5.49. The Morgan fingerprint density at radius 2 is 1.97 bits per heavy atom. The smallest absolute Gasteiger partial charge is 0.281 e. The van der Waals surface area contributed by atoms with Gasteiger partial charge in [0.2, 0.25) is 0 Å². The first kappa shape index (κ1) is 26.9. The molecular formula is C25H37N5O4S. The number of amides is 1. The molecule has 3 heterocycles. The van der Waals surface area contributed by atoms with Crippen LogP contribution in [0.2, 0.25) is 0 Å². The summed E-state index contributed by atoms with van der Waals surface area (Å²) in [5.74, 6) is 0.585. The van der Waals surface area contributed by atoms with Gasteiger partial charge in [0.25, 0.3) is 15.9 Å². The van der Waals surface area contributed by atoms with E-state index in [2.05, 4.69) is 52.6 Å². The van der Waals surface area contributed by atoms with Gasteiger partial charge in [0, 0.05) is 38.0 Å².